The fraction of sp³-hybridized carbons (Fsp3) is 0.417. The number of methoxy groups -OCH3 is 1. The zero-order valence-electron chi connectivity index (χ0n) is 9.03. The van der Waals surface area contributed by atoms with Gasteiger partial charge in [0.1, 0.15) is 5.75 Å². The van der Waals surface area contributed by atoms with Gasteiger partial charge in [0.2, 0.25) is 0 Å². The van der Waals surface area contributed by atoms with Crippen molar-refractivity contribution >= 4 is 5.97 Å². The summed E-state index contributed by atoms with van der Waals surface area (Å²) in [7, 11) is 1.57. The smallest absolute Gasteiger partial charge is 0.308 e. The van der Waals surface area contributed by atoms with Crippen molar-refractivity contribution in [3.63, 3.8) is 0 Å². The monoisotopic (exact) mass is 224 g/mol. The summed E-state index contributed by atoms with van der Waals surface area (Å²) in [6, 6.07) is 7.06. The summed E-state index contributed by atoms with van der Waals surface area (Å²) in [6.45, 7) is 0. The van der Waals surface area contributed by atoms with Crippen LogP contribution in [0.5, 0.6) is 5.75 Å². The number of hydrogen-bond acceptors (Lipinski definition) is 3. The second-order valence-electron chi connectivity index (χ2n) is 3.88. The lowest BCUT2D eigenvalue weighted by Gasteiger charge is -2.17. The molecule has 0 amide bonds. The maximum Gasteiger partial charge on any atom is 0.308 e. The van der Waals surface area contributed by atoms with Crippen molar-refractivity contribution in [1.29, 1.82) is 0 Å². The van der Waals surface area contributed by atoms with E-state index in [4.69, 9.17) is 4.74 Å². The van der Waals surface area contributed by atoms with Gasteiger partial charge in [0.15, 0.2) is 0 Å². The molecule has 86 valence electrons. The summed E-state index contributed by atoms with van der Waals surface area (Å²) < 4.78 is 23.6. The molecule has 1 heterocycles. The minimum atomic E-state index is -1.83. The number of halogens is 1. The molecule has 3 nitrogen and oxygen atoms in total. The average Bonchev–Trinajstić information content (AvgIpc) is 2.59. The summed E-state index contributed by atoms with van der Waals surface area (Å²) in [5.74, 6) is -1.57. The van der Waals surface area contributed by atoms with Crippen LogP contribution >= 0.6 is 0 Å². The van der Waals surface area contributed by atoms with Crippen LogP contribution < -0.4 is 4.74 Å². The molecule has 0 aliphatic carbocycles. The third-order valence-electron chi connectivity index (χ3n) is 2.63. The Kier molecular flexibility index (Phi) is 2.81. The lowest BCUT2D eigenvalue weighted by atomic mass is 10.0. The maximum absolute atomic E-state index is 14.0. The molecule has 1 aliphatic rings. The van der Waals surface area contributed by atoms with Gasteiger partial charge in [-0.2, -0.15) is 4.39 Å². The van der Waals surface area contributed by atoms with E-state index in [0.717, 1.165) is 11.3 Å². The van der Waals surface area contributed by atoms with E-state index in [1.54, 1.807) is 31.4 Å². The van der Waals surface area contributed by atoms with Crippen molar-refractivity contribution in [2.45, 2.75) is 25.1 Å². The number of ether oxygens (including phenoxy) is 2. The van der Waals surface area contributed by atoms with Gasteiger partial charge in [-0.1, -0.05) is 12.1 Å². The molecule has 1 aromatic rings. The first-order valence-corrected chi connectivity index (χ1v) is 5.15. The Morgan fingerprint density at radius 1 is 1.44 bits per heavy atom. The van der Waals surface area contributed by atoms with E-state index >= 15 is 0 Å². The Bertz CT molecular complexity index is 388. The SMILES string of the molecule is COc1ccc(CC2(F)CCC(=O)O2)cc1. The van der Waals surface area contributed by atoms with E-state index in [-0.39, 0.29) is 19.3 Å². The Hall–Kier alpha value is -1.58. The first-order valence-electron chi connectivity index (χ1n) is 5.15. The molecule has 0 bridgehead atoms. The standard InChI is InChI=1S/C12H13FO3/c1-15-10-4-2-9(3-5-10)8-12(13)7-6-11(14)16-12/h2-5H,6-8H2,1H3. The third kappa shape index (κ3) is 2.32. The number of alkyl halides is 1. The molecule has 0 aromatic heterocycles. The number of hydrogen-bond donors (Lipinski definition) is 0. The van der Waals surface area contributed by atoms with Crippen molar-refractivity contribution in [3.8, 4) is 5.75 Å². The highest BCUT2D eigenvalue weighted by atomic mass is 19.2. The van der Waals surface area contributed by atoms with Crippen molar-refractivity contribution in [2.24, 2.45) is 0 Å². The van der Waals surface area contributed by atoms with Gasteiger partial charge in [-0.05, 0) is 17.7 Å². The van der Waals surface area contributed by atoms with Crippen LogP contribution in [0.15, 0.2) is 24.3 Å². The molecule has 16 heavy (non-hydrogen) atoms. The highest BCUT2D eigenvalue weighted by Gasteiger charge is 2.40. The van der Waals surface area contributed by atoms with Crippen molar-refractivity contribution in [1.82, 2.24) is 0 Å². The summed E-state index contributed by atoms with van der Waals surface area (Å²) in [5, 5.41) is 0. The molecular formula is C12H13FO3. The second-order valence-corrected chi connectivity index (χ2v) is 3.88. The predicted octanol–water partition coefficient (Wildman–Crippen LogP) is 2.24. The fourth-order valence-corrected chi connectivity index (χ4v) is 1.77. The number of benzene rings is 1. The van der Waals surface area contributed by atoms with E-state index in [1.165, 1.54) is 0 Å². The Labute approximate surface area is 93.2 Å². The molecular weight excluding hydrogens is 211 g/mol. The van der Waals surface area contributed by atoms with Gasteiger partial charge in [-0.3, -0.25) is 4.79 Å². The summed E-state index contributed by atoms with van der Waals surface area (Å²) >= 11 is 0. The molecule has 1 aromatic carbocycles. The number of carbonyl (C=O) groups is 1. The van der Waals surface area contributed by atoms with Crippen molar-refractivity contribution < 1.29 is 18.7 Å². The number of carbonyl (C=O) groups excluding carboxylic acids is 1. The average molecular weight is 224 g/mol. The lowest BCUT2D eigenvalue weighted by molar-refractivity contribution is -0.164. The predicted molar refractivity (Wildman–Crippen MR) is 55.9 cm³/mol. The molecule has 1 unspecified atom stereocenters. The van der Waals surface area contributed by atoms with Crippen molar-refractivity contribution in [3.05, 3.63) is 29.8 Å². The summed E-state index contributed by atoms with van der Waals surface area (Å²) in [4.78, 5) is 10.9. The quantitative estimate of drug-likeness (QED) is 0.738. The zero-order chi connectivity index (χ0) is 11.6. The lowest BCUT2D eigenvalue weighted by Crippen LogP contribution is -2.24. The Balaban J connectivity index is 2.06. The Morgan fingerprint density at radius 2 is 2.12 bits per heavy atom. The van der Waals surface area contributed by atoms with Gasteiger partial charge in [-0.25, -0.2) is 0 Å². The molecule has 1 fully saturated rings. The van der Waals surface area contributed by atoms with Crippen LogP contribution in [0.1, 0.15) is 18.4 Å². The second kappa shape index (κ2) is 4.12. The summed E-state index contributed by atoms with van der Waals surface area (Å²) in [6.07, 6.45) is 0.396. The summed E-state index contributed by atoms with van der Waals surface area (Å²) in [5.41, 5.74) is 0.790. The highest BCUT2D eigenvalue weighted by molar-refractivity contribution is 5.72. The largest absolute Gasteiger partial charge is 0.497 e. The maximum atomic E-state index is 14.0. The van der Waals surface area contributed by atoms with Crippen LogP contribution in [0.25, 0.3) is 0 Å². The third-order valence-corrected chi connectivity index (χ3v) is 2.63. The van der Waals surface area contributed by atoms with E-state index < -0.39 is 11.8 Å². The van der Waals surface area contributed by atoms with E-state index in [1.807, 2.05) is 0 Å². The van der Waals surface area contributed by atoms with Gasteiger partial charge >= 0.3 is 5.97 Å². The molecule has 1 saturated heterocycles. The first-order chi connectivity index (χ1) is 7.61. The van der Waals surface area contributed by atoms with E-state index in [2.05, 4.69) is 4.74 Å². The van der Waals surface area contributed by atoms with Crippen LogP contribution in [-0.4, -0.2) is 18.9 Å². The number of rotatable bonds is 3. The van der Waals surface area contributed by atoms with Crippen molar-refractivity contribution in [2.75, 3.05) is 7.11 Å². The molecule has 1 atom stereocenters. The van der Waals surface area contributed by atoms with Crippen LogP contribution in [0.2, 0.25) is 0 Å². The normalized spacial score (nSPS) is 24.2. The molecule has 0 N–H and O–H groups in total. The van der Waals surface area contributed by atoms with Crippen LogP contribution in [0.3, 0.4) is 0 Å². The van der Waals surface area contributed by atoms with Crippen LogP contribution in [0, 0.1) is 0 Å². The highest BCUT2D eigenvalue weighted by Crippen LogP contribution is 2.32. The fourth-order valence-electron chi connectivity index (χ4n) is 1.77. The van der Waals surface area contributed by atoms with Gasteiger partial charge in [0.05, 0.1) is 13.5 Å². The minimum absolute atomic E-state index is 0.0999. The molecule has 0 spiro atoms. The van der Waals surface area contributed by atoms with Gasteiger partial charge in [0.25, 0.3) is 5.85 Å². The van der Waals surface area contributed by atoms with E-state index in [0.29, 0.717) is 0 Å². The molecule has 0 radical (unpaired) electrons. The van der Waals surface area contributed by atoms with Crippen LogP contribution in [0.4, 0.5) is 4.39 Å². The number of cyclic esters (lactones) is 1. The van der Waals surface area contributed by atoms with Gasteiger partial charge < -0.3 is 9.47 Å². The topological polar surface area (TPSA) is 35.5 Å². The van der Waals surface area contributed by atoms with E-state index in [9.17, 15) is 9.18 Å². The first kappa shape index (κ1) is 10.9. The zero-order valence-corrected chi connectivity index (χ0v) is 9.03. The number of esters is 1. The van der Waals surface area contributed by atoms with Gasteiger partial charge in [0, 0.05) is 12.8 Å². The minimum Gasteiger partial charge on any atom is -0.497 e. The Morgan fingerprint density at radius 3 is 2.62 bits per heavy atom. The molecule has 1 aliphatic heterocycles. The molecule has 2 rings (SSSR count). The molecule has 4 heteroatoms. The van der Waals surface area contributed by atoms with Gasteiger partial charge in [-0.15, -0.1) is 0 Å². The molecule has 0 saturated carbocycles. The van der Waals surface area contributed by atoms with Crippen LogP contribution in [-0.2, 0) is 16.0 Å².